The Balaban J connectivity index is 4.38. The maximum absolute atomic E-state index is 12.5. The number of hydrogen-bond donors (Lipinski definition) is 2. The van der Waals surface area contributed by atoms with Crippen LogP contribution in [0.5, 0.6) is 0 Å². The molecular formula is C39H76N4O6. The summed E-state index contributed by atoms with van der Waals surface area (Å²) in [5, 5.41) is 16.7. The van der Waals surface area contributed by atoms with Crippen LogP contribution < -0.4 is 10.6 Å². The first-order valence-corrected chi connectivity index (χ1v) is 20.2. The van der Waals surface area contributed by atoms with Crippen LogP contribution in [0.25, 0.3) is 0 Å². The van der Waals surface area contributed by atoms with Gasteiger partial charge in [0.2, 0.25) is 0 Å². The van der Waals surface area contributed by atoms with Gasteiger partial charge in [-0.05, 0) is 77.4 Å². The second kappa shape index (κ2) is 35.5. The summed E-state index contributed by atoms with van der Waals surface area (Å²) in [4.78, 5) is 37.4. The van der Waals surface area contributed by atoms with Gasteiger partial charge in [-0.1, -0.05) is 111 Å². The first kappa shape index (κ1) is 46.6. The van der Waals surface area contributed by atoms with Gasteiger partial charge in [0, 0.05) is 26.4 Å². The van der Waals surface area contributed by atoms with Crippen molar-refractivity contribution < 1.29 is 24.0 Å². The molecule has 0 bridgehead atoms. The van der Waals surface area contributed by atoms with Crippen molar-refractivity contribution >= 4 is 11.9 Å². The summed E-state index contributed by atoms with van der Waals surface area (Å²) in [5.74, 6) is 0.300. The van der Waals surface area contributed by atoms with E-state index >= 15 is 0 Å². The Kier molecular flexibility index (Phi) is 33.8. The third-order valence-electron chi connectivity index (χ3n) is 9.00. The van der Waals surface area contributed by atoms with Gasteiger partial charge in [0.15, 0.2) is 5.82 Å². The average Bonchev–Trinajstić information content (AvgIpc) is 3.08. The van der Waals surface area contributed by atoms with Crippen LogP contribution in [0.3, 0.4) is 0 Å². The van der Waals surface area contributed by atoms with Crippen molar-refractivity contribution in [2.45, 2.75) is 187 Å². The van der Waals surface area contributed by atoms with E-state index in [9.17, 15) is 19.7 Å². The number of hydrogen-bond acceptors (Lipinski definition) is 9. The van der Waals surface area contributed by atoms with Crippen molar-refractivity contribution in [2.24, 2.45) is 0 Å². The van der Waals surface area contributed by atoms with Crippen molar-refractivity contribution in [3.8, 4) is 0 Å². The second-order valence-corrected chi connectivity index (χ2v) is 13.6. The van der Waals surface area contributed by atoms with E-state index in [1.54, 1.807) is 7.05 Å². The molecule has 0 saturated heterocycles. The number of rotatable bonds is 37. The Hall–Kier alpha value is -2.36. The minimum atomic E-state index is -0.460. The standard InChI is InChI=1S/C39H76N4O6/c1-5-8-11-12-13-17-24-34-48-38(44)28-21-18-23-32-42(33-25-30-41-37(40-4)35-43(46)47)31-22-16-14-15-20-29-39(45)49-36(26-10-7-3)27-19-9-6-2/h35-36,40-41H,5-34H2,1-4H3/b37-35+. The Bertz CT molecular complexity index is 825. The number of nitrogens with zero attached hydrogens (tertiary/aromatic N) is 2. The minimum absolute atomic E-state index is 0.0340. The molecule has 0 heterocycles. The highest BCUT2D eigenvalue weighted by atomic mass is 16.6. The van der Waals surface area contributed by atoms with E-state index in [0.717, 1.165) is 129 Å². The van der Waals surface area contributed by atoms with Crippen molar-refractivity contribution in [3.05, 3.63) is 22.1 Å². The first-order chi connectivity index (χ1) is 23.9. The van der Waals surface area contributed by atoms with Crippen molar-refractivity contribution in [1.82, 2.24) is 15.5 Å². The zero-order valence-corrected chi connectivity index (χ0v) is 32.2. The fourth-order valence-corrected chi connectivity index (χ4v) is 5.96. The molecular weight excluding hydrogens is 620 g/mol. The van der Waals surface area contributed by atoms with Gasteiger partial charge in [-0.2, -0.15) is 0 Å². The van der Waals surface area contributed by atoms with Crippen LogP contribution in [0.1, 0.15) is 181 Å². The Labute approximate surface area is 300 Å². The first-order valence-electron chi connectivity index (χ1n) is 20.2. The van der Waals surface area contributed by atoms with Crippen LogP contribution in [0, 0.1) is 10.1 Å². The number of carbonyl (C=O) groups is 2. The van der Waals surface area contributed by atoms with Crippen molar-refractivity contribution in [2.75, 3.05) is 39.8 Å². The highest BCUT2D eigenvalue weighted by Gasteiger charge is 2.14. The normalized spacial score (nSPS) is 12.2. The van der Waals surface area contributed by atoms with E-state index in [-0.39, 0.29) is 18.0 Å². The predicted octanol–water partition coefficient (Wildman–Crippen LogP) is 9.44. The van der Waals surface area contributed by atoms with E-state index in [1.165, 1.54) is 44.9 Å². The lowest BCUT2D eigenvalue weighted by atomic mass is 10.1. The summed E-state index contributed by atoms with van der Waals surface area (Å²) in [6.07, 6.45) is 27.3. The molecule has 2 N–H and O–H groups in total. The maximum Gasteiger partial charge on any atom is 0.306 e. The van der Waals surface area contributed by atoms with Crippen LogP contribution in [-0.2, 0) is 19.1 Å². The molecule has 49 heavy (non-hydrogen) atoms. The molecule has 1 unspecified atom stereocenters. The third kappa shape index (κ3) is 32.6. The molecule has 0 rings (SSSR count). The topological polar surface area (TPSA) is 123 Å². The molecule has 1 atom stereocenters. The molecule has 0 fully saturated rings. The number of carbonyl (C=O) groups excluding carboxylic acids is 2. The van der Waals surface area contributed by atoms with Gasteiger partial charge in [0.1, 0.15) is 6.10 Å². The molecule has 288 valence electrons. The summed E-state index contributed by atoms with van der Waals surface area (Å²) in [6.45, 7) is 10.7. The summed E-state index contributed by atoms with van der Waals surface area (Å²) in [6, 6.07) is 0. The smallest absolute Gasteiger partial charge is 0.306 e. The summed E-state index contributed by atoms with van der Waals surface area (Å²) in [5.41, 5.74) is 0. The molecule has 10 nitrogen and oxygen atoms in total. The molecule has 0 radical (unpaired) electrons. The molecule has 0 amide bonds. The molecule has 0 saturated carbocycles. The van der Waals surface area contributed by atoms with Crippen LogP contribution in [0.15, 0.2) is 12.0 Å². The van der Waals surface area contributed by atoms with Crippen LogP contribution in [0.2, 0.25) is 0 Å². The van der Waals surface area contributed by atoms with Gasteiger partial charge in [-0.15, -0.1) is 0 Å². The maximum atomic E-state index is 12.5. The van der Waals surface area contributed by atoms with E-state index in [4.69, 9.17) is 9.47 Å². The highest BCUT2D eigenvalue weighted by molar-refractivity contribution is 5.69. The van der Waals surface area contributed by atoms with Gasteiger partial charge in [-0.25, -0.2) is 0 Å². The molecule has 10 heteroatoms. The molecule has 0 aliphatic carbocycles. The lowest BCUT2D eigenvalue weighted by molar-refractivity contribution is -0.404. The number of ether oxygens (including phenoxy) is 2. The molecule has 0 aromatic carbocycles. The average molecular weight is 697 g/mol. The molecule has 0 aromatic heterocycles. The largest absolute Gasteiger partial charge is 0.466 e. The van der Waals surface area contributed by atoms with Gasteiger partial charge in [0.25, 0.3) is 6.20 Å². The number of unbranched alkanes of at least 4 members (excludes halogenated alkanes) is 15. The lowest BCUT2D eigenvalue weighted by Crippen LogP contribution is -2.31. The quantitative estimate of drug-likeness (QED) is 0.0283. The number of esters is 2. The van der Waals surface area contributed by atoms with E-state index in [1.807, 2.05) is 0 Å². The van der Waals surface area contributed by atoms with Gasteiger partial charge < -0.3 is 25.0 Å². The van der Waals surface area contributed by atoms with Gasteiger partial charge in [-0.3, -0.25) is 19.7 Å². The molecule has 0 aliphatic rings. The number of nitro groups is 1. The SMILES string of the molecule is CCCCCCCCCOC(=O)CCCCCN(CCCCCCCC(=O)OC(CCCC)CCCCC)CCCN/C(=C/[N+](=O)[O-])NC. The van der Waals surface area contributed by atoms with Crippen LogP contribution in [0.4, 0.5) is 0 Å². The Morgan fingerprint density at radius 3 is 1.82 bits per heavy atom. The van der Waals surface area contributed by atoms with E-state index in [0.29, 0.717) is 31.8 Å². The lowest BCUT2D eigenvalue weighted by Gasteiger charge is -2.22. The summed E-state index contributed by atoms with van der Waals surface area (Å²) >= 11 is 0. The summed E-state index contributed by atoms with van der Waals surface area (Å²) < 4.78 is 11.3. The Morgan fingerprint density at radius 2 is 1.18 bits per heavy atom. The van der Waals surface area contributed by atoms with Gasteiger partial charge in [0.05, 0.1) is 11.5 Å². The minimum Gasteiger partial charge on any atom is -0.466 e. The third-order valence-corrected chi connectivity index (χ3v) is 9.00. The van der Waals surface area contributed by atoms with E-state index < -0.39 is 4.92 Å². The molecule has 0 spiro atoms. The fraction of sp³-hybridized carbons (Fsp3) is 0.897. The fourth-order valence-electron chi connectivity index (χ4n) is 5.96. The van der Waals surface area contributed by atoms with Crippen LogP contribution in [-0.4, -0.2) is 67.7 Å². The van der Waals surface area contributed by atoms with Crippen molar-refractivity contribution in [3.63, 3.8) is 0 Å². The zero-order valence-electron chi connectivity index (χ0n) is 32.2. The van der Waals surface area contributed by atoms with Gasteiger partial charge >= 0.3 is 11.9 Å². The zero-order chi connectivity index (χ0) is 36.2. The second-order valence-electron chi connectivity index (χ2n) is 13.6. The predicted molar refractivity (Wildman–Crippen MR) is 202 cm³/mol. The van der Waals surface area contributed by atoms with Crippen LogP contribution >= 0.6 is 0 Å². The number of nitrogens with one attached hydrogen (secondary N) is 2. The highest BCUT2D eigenvalue weighted by Crippen LogP contribution is 2.16. The summed E-state index contributed by atoms with van der Waals surface area (Å²) in [7, 11) is 1.67. The van der Waals surface area contributed by atoms with E-state index in [2.05, 4.69) is 36.3 Å². The molecule has 0 aromatic rings. The monoisotopic (exact) mass is 697 g/mol. The molecule has 0 aliphatic heterocycles. The van der Waals surface area contributed by atoms with Crippen molar-refractivity contribution in [1.29, 1.82) is 0 Å². The Morgan fingerprint density at radius 1 is 0.673 bits per heavy atom.